The van der Waals surface area contributed by atoms with Crippen molar-refractivity contribution < 1.29 is 24.0 Å². The molecule has 7 heteroatoms. The molecule has 0 aromatic heterocycles. The normalized spacial score (nSPS) is 13.9. The lowest BCUT2D eigenvalue weighted by molar-refractivity contribution is -0.142. The molecule has 0 amide bonds. The molecule has 0 aliphatic carbocycles. The summed E-state index contributed by atoms with van der Waals surface area (Å²) in [6, 6.07) is 3.89. The largest absolute Gasteiger partial charge is 0.539 e. The second-order valence-electron chi connectivity index (χ2n) is 3.93. The lowest BCUT2D eigenvalue weighted by Crippen LogP contribution is -2.47. The predicted molar refractivity (Wildman–Crippen MR) is 60.3 cm³/mol. The van der Waals surface area contributed by atoms with Crippen molar-refractivity contribution in [1.82, 2.24) is 0 Å². The molecule has 17 heavy (non-hydrogen) atoms. The number of carbonyl (C=O) groups is 1. The Morgan fingerprint density at radius 1 is 1.65 bits per heavy atom. The molecule has 1 atom stereocenters. The van der Waals surface area contributed by atoms with Gasteiger partial charge >= 0.3 is 13.7 Å². The van der Waals surface area contributed by atoms with Gasteiger partial charge in [0.05, 0.1) is 0 Å². The maximum atomic E-state index is 13.6. The zero-order valence-corrected chi connectivity index (χ0v) is 9.31. The number of hydrogen-bond donors (Lipinski definition) is 3. The van der Waals surface area contributed by atoms with Crippen LogP contribution in [0.3, 0.4) is 0 Å². The third-order valence-corrected chi connectivity index (χ3v) is 2.30. The van der Waals surface area contributed by atoms with Crippen LogP contribution in [0.4, 0.5) is 4.39 Å². The van der Waals surface area contributed by atoms with Crippen molar-refractivity contribution in [1.29, 1.82) is 0 Å². The Bertz CT molecular complexity index is 425. The van der Waals surface area contributed by atoms with E-state index in [9.17, 15) is 9.18 Å². The second-order valence-corrected chi connectivity index (χ2v) is 3.93. The maximum absolute atomic E-state index is 13.6. The van der Waals surface area contributed by atoms with E-state index >= 15 is 0 Å². The van der Waals surface area contributed by atoms with E-state index < -0.39 is 25.0 Å². The number of halogens is 1. The second kappa shape index (κ2) is 5.16. The van der Waals surface area contributed by atoms with Gasteiger partial charge in [0.15, 0.2) is 0 Å². The molecule has 0 spiro atoms. The van der Waals surface area contributed by atoms with Crippen molar-refractivity contribution in [3.8, 4) is 5.75 Å². The number of carboxylic acids is 1. The molecule has 1 rings (SSSR count). The highest BCUT2D eigenvalue weighted by atomic mass is 19.1. The van der Waals surface area contributed by atoms with E-state index in [-0.39, 0.29) is 17.7 Å². The Kier molecular flexibility index (Phi) is 4.09. The molecule has 0 heterocycles. The predicted octanol–water partition coefficient (Wildman–Crippen LogP) is -0.192. The molecular formula is C10H13BFNO4. The fourth-order valence-corrected chi connectivity index (χ4v) is 1.31. The van der Waals surface area contributed by atoms with Gasteiger partial charge < -0.3 is 20.5 Å². The number of carboxylic acid groups (broad SMARTS) is 1. The first-order valence-electron chi connectivity index (χ1n) is 4.91. The van der Waals surface area contributed by atoms with Gasteiger partial charge in [-0.15, -0.1) is 0 Å². The van der Waals surface area contributed by atoms with Crippen molar-refractivity contribution in [2.45, 2.75) is 18.9 Å². The Hall–Kier alpha value is -1.60. The summed E-state index contributed by atoms with van der Waals surface area (Å²) in [5.41, 5.74) is 4.18. The first-order chi connectivity index (χ1) is 7.86. The molecule has 1 aromatic carbocycles. The minimum atomic E-state index is -1.53. The third kappa shape index (κ3) is 3.43. The van der Waals surface area contributed by atoms with Crippen molar-refractivity contribution >= 4 is 13.7 Å². The van der Waals surface area contributed by atoms with E-state index in [0.717, 1.165) is 6.07 Å². The fourth-order valence-electron chi connectivity index (χ4n) is 1.31. The van der Waals surface area contributed by atoms with Gasteiger partial charge in [-0.2, -0.15) is 0 Å². The van der Waals surface area contributed by atoms with Crippen molar-refractivity contribution in [3.05, 3.63) is 29.6 Å². The van der Waals surface area contributed by atoms with E-state index in [1.165, 1.54) is 19.1 Å². The number of rotatable bonds is 5. The van der Waals surface area contributed by atoms with Crippen molar-refractivity contribution in [2.24, 2.45) is 5.73 Å². The zero-order chi connectivity index (χ0) is 13.1. The summed E-state index contributed by atoms with van der Waals surface area (Å²) >= 11 is 0. The number of hydrogen-bond acceptors (Lipinski definition) is 4. The molecule has 0 radical (unpaired) electrons. The van der Waals surface area contributed by atoms with Crippen LogP contribution in [0, 0.1) is 5.82 Å². The molecule has 5 nitrogen and oxygen atoms in total. The summed E-state index contributed by atoms with van der Waals surface area (Å²) in [4.78, 5) is 10.8. The summed E-state index contributed by atoms with van der Waals surface area (Å²) in [6.45, 7) is 1.31. The minimum absolute atomic E-state index is 0.131. The first-order valence-corrected chi connectivity index (χ1v) is 4.91. The molecule has 0 saturated carbocycles. The van der Waals surface area contributed by atoms with Crippen molar-refractivity contribution in [3.63, 3.8) is 0 Å². The van der Waals surface area contributed by atoms with E-state index in [2.05, 4.69) is 4.65 Å². The van der Waals surface area contributed by atoms with Gasteiger partial charge in [-0.1, -0.05) is 6.07 Å². The molecule has 1 aromatic rings. The SMILES string of the molecule is C[C@@](N)(Cc1ccc(OBO)cc1F)C(=O)O. The van der Waals surface area contributed by atoms with Crippen molar-refractivity contribution in [2.75, 3.05) is 0 Å². The molecule has 0 saturated heterocycles. The van der Waals surface area contributed by atoms with Crippen LogP contribution in [0.15, 0.2) is 18.2 Å². The molecule has 92 valence electrons. The van der Waals surface area contributed by atoms with Gasteiger partial charge in [-0.25, -0.2) is 4.39 Å². The average Bonchev–Trinajstić information content (AvgIpc) is 2.22. The highest BCUT2D eigenvalue weighted by molar-refractivity contribution is 6.17. The fraction of sp³-hybridized carbons (Fsp3) is 0.300. The van der Waals surface area contributed by atoms with Gasteiger partial charge in [0.25, 0.3) is 0 Å². The molecular weight excluding hydrogens is 228 g/mol. The highest BCUT2D eigenvalue weighted by Gasteiger charge is 2.29. The van der Waals surface area contributed by atoms with Crippen LogP contribution >= 0.6 is 0 Å². The van der Waals surface area contributed by atoms with Gasteiger partial charge in [0.2, 0.25) is 0 Å². The van der Waals surface area contributed by atoms with Crippen LogP contribution in [0.25, 0.3) is 0 Å². The molecule has 0 bridgehead atoms. The summed E-state index contributed by atoms with van der Waals surface area (Å²) in [6.07, 6.45) is -0.131. The number of benzene rings is 1. The van der Waals surface area contributed by atoms with E-state index in [4.69, 9.17) is 15.9 Å². The molecule has 0 aliphatic rings. The first kappa shape index (κ1) is 13.5. The smallest absolute Gasteiger partial charge is 0.504 e. The highest BCUT2D eigenvalue weighted by Crippen LogP contribution is 2.20. The van der Waals surface area contributed by atoms with Crippen LogP contribution in [0.5, 0.6) is 5.75 Å². The molecule has 0 fully saturated rings. The van der Waals surface area contributed by atoms with Crippen LogP contribution < -0.4 is 10.4 Å². The van der Waals surface area contributed by atoms with Crippen LogP contribution in [-0.4, -0.2) is 29.3 Å². The summed E-state index contributed by atoms with van der Waals surface area (Å²) < 4.78 is 18.2. The topological polar surface area (TPSA) is 92.8 Å². The van der Waals surface area contributed by atoms with Crippen LogP contribution in [0.1, 0.15) is 12.5 Å². The Morgan fingerprint density at radius 3 is 2.76 bits per heavy atom. The number of aliphatic carboxylic acids is 1. The summed E-state index contributed by atoms with van der Waals surface area (Å²) in [5.74, 6) is -1.65. The lowest BCUT2D eigenvalue weighted by Gasteiger charge is -2.19. The molecule has 0 unspecified atom stereocenters. The lowest BCUT2D eigenvalue weighted by atomic mass is 9.94. The summed E-state index contributed by atoms with van der Waals surface area (Å²) in [7, 11) is -0.553. The Morgan fingerprint density at radius 2 is 2.29 bits per heavy atom. The Balaban J connectivity index is 2.90. The van der Waals surface area contributed by atoms with E-state index in [1.807, 2.05) is 0 Å². The van der Waals surface area contributed by atoms with E-state index in [0.29, 0.717) is 0 Å². The number of nitrogens with two attached hydrogens (primary N) is 1. The van der Waals surface area contributed by atoms with Gasteiger partial charge in [-0.3, -0.25) is 4.79 Å². The maximum Gasteiger partial charge on any atom is 0.504 e. The van der Waals surface area contributed by atoms with Gasteiger partial charge in [0.1, 0.15) is 17.1 Å². The minimum Gasteiger partial charge on any atom is -0.539 e. The summed E-state index contributed by atoms with van der Waals surface area (Å²) in [5, 5.41) is 17.3. The van der Waals surface area contributed by atoms with Gasteiger partial charge in [0, 0.05) is 12.5 Å². The third-order valence-electron chi connectivity index (χ3n) is 2.30. The Labute approximate surface area is 98.3 Å². The van der Waals surface area contributed by atoms with Gasteiger partial charge in [-0.05, 0) is 18.6 Å². The molecule has 4 N–H and O–H groups in total. The standard InChI is InChI=1S/C10H13BFNO4/c1-10(13,9(14)15)5-6-2-3-7(17-11-16)4-8(6)12/h2-4,11,16H,5,13H2,1H3,(H,14,15)/t10-/m1/s1. The average molecular weight is 241 g/mol. The van der Waals surface area contributed by atoms with Crippen LogP contribution in [-0.2, 0) is 11.2 Å². The monoisotopic (exact) mass is 241 g/mol. The molecule has 0 aliphatic heterocycles. The van der Waals surface area contributed by atoms with E-state index in [1.54, 1.807) is 0 Å². The quantitative estimate of drug-likeness (QED) is 0.621. The zero-order valence-electron chi connectivity index (χ0n) is 9.31. The van der Waals surface area contributed by atoms with Crippen LogP contribution in [0.2, 0.25) is 0 Å².